The Hall–Kier alpha value is -3.79. The zero-order valence-electron chi connectivity index (χ0n) is 18.7. The number of rotatable bonds is 6. The molecule has 0 bridgehead atoms. The first kappa shape index (κ1) is 22.4. The standard InChI is InChI=1S/C23H24N6O3S/c1-14-6-5-7-15(2)22(14)28-33(31,32)19-10-8-18(9-11-19)25-21(30)13-20-26-23-24-16(3)12-17(4)29(23)27-20/h5-12,28H,13H2,1-4H3,(H,25,30). The number of benzene rings is 2. The Balaban J connectivity index is 1.45. The fraction of sp³-hybridized carbons (Fsp3) is 0.217. The lowest BCUT2D eigenvalue weighted by Crippen LogP contribution is -2.16. The van der Waals surface area contributed by atoms with Crippen LogP contribution in [0.3, 0.4) is 0 Å². The Kier molecular flexibility index (Phi) is 5.86. The molecule has 170 valence electrons. The van der Waals surface area contributed by atoms with Crippen molar-refractivity contribution in [2.75, 3.05) is 10.0 Å². The van der Waals surface area contributed by atoms with Crippen molar-refractivity contribution < 1.29 is 13.2 Å². The molecule has 0 spiro atoms. The van der Waals surface area contributed by atoms with E-state index in [9.17, 15) is 13.2 Å². The van der Waals surface area contributed by atoms with Crippen molar-refractivity contribution in [3.63, 3.8) is 0 Å². The highest BCUT2D eigenvalue weighted by Crippen LogP contribution is 2.24. The summed E-state index contributed by atoms with van der Waals surface area (Å²) in [6.07, 6.45) is -0.0317. The number of hydrogen-bond donors (Lipinski definition) is 2. The second-order valence-electron chi connectivity index (χ2n) is 7.90. The monoisotopic (exact) mass is 464 g/mol. The molecule has 0 fully saturated rings. The van der Waals surface area contributed by atoms with E-state index in [1.54, 1.807) is 16.6 Å². The molecule has 33 heavy (non-hydrogen) atoms. The van der Waals surface area contributed by atoms with Crippen molar-refractivity contribution >= 4 is 33.1 Å². The molecule has 0 unspecified atom stereocenters. The van der Waals surface area contributed by atoms with Gasteiger partial charge in [-0.15, -0.1) is 5.10 Å². The van der Waals surface area contributed by atoms with Gasteiger partial charge in [-0.1, -0.05) is 18.2 Å². The number of nitrogens with one attached hydrogen (secondary N) is 2. The highest BCUT2D eigenvalue weighted by molar-refractivity contribution is 7.92. The Morgan fingerprint density at radius 3 is 2.30 bits per heavy atom. The van der Waals surface area contributed by atoms with E-state index in [4.69, 9.17) is 0 Å². The number of nitrogens with zero attached hydrogens (tertiary/aromatic N) is 4. The minimum absolute atomic E-state index is 0.0317. The largest absolute Gasteiger partial charge is 0.326 e. The van der Waals surface area contributed by atoms with Gasteiger partial charge in [0, 0.05) is 17.1 Å². The van der Waals surface area contributed by atoms with Crippen molar-refractivity contribution in [2.45, 2.75) is 39.0 Å². The number of aryl methyl sites for hydroxylation is 4. The van der Waals surface area contributed by atoms with Crippen LogP contribution >= 0.6 is 0 Å². The normalized spacial score (nSPS) is 11.5. The average molecular weight is 465 g/mol. The average Bonchev–Trinajstić information content (AvgIpc) is 3.13. The molecule has 2 heterocycles. The summed E-state index contributed by atoms with van der Waals surface area (Å²) in [5, 5.41) is 7.07. The summed E-state index contributed by atoms with van der Waals surface area (Å²) >= 11 is 0. The van der Waals surface area contributed by atoms with Gasteiger partial charge in [-0.25, -0.2) is 17.9 Å². The molecule has 2 aromatic carbocycles. The Bertz CT molecular complexity index is 1440. The van der Waals surface area contributed by atoms with E-state index < -0.39 is 10.0 Å². The molecule has 0 aliphatic rings. The van der Waals surface area contributed by atoms with Crippen LogP contribution in [0.5, 0.6) is 0 Å². The lowest BCUT2D eigenvalue weighted by molar-refractivity contribution is -0.115. The molecule has 2 aromatic heterocycles. The van der Waals surface area contributed by atoms with Gasteiger partial charge in [-0.3, -0.25) is 9.52 Å². The van der Waals surface area contributed by atoms with Gasteiger partial charge >= 0.3 is 0 Å². The first-order chi connectivity index (χ1) is 15.6. The maximum absolute atomic E-state index is 12.8. The molecule has 1 amide bonds. The zero-order chi connectivity index (χ0) is 23.8. The Labute approximate surface area is 192 Å². The second-order valence-corrected chi connectivity index (χ2v) is 9.58. The predicted molar refractivity (Wildman–Crippen MR) is 126 cm³/mol. The number of hydrogen-bond acceptors (Lipinski definition) is 6. The third kappa shape index (κ3) is 4.85. The maximum Gasteiger partial charge on any atom is 0.261 e. The number of carbonyl (C=O) groups is 1. The van der Waals surface area contributed by atoms with Crippen LogP contribution in [0.2, 0.25) is 0 Å². The molecule has 4 aromatic rings. The molecule has 0 saturated heterocycles. The molecular weight excluding hydrogens is 440 g/mol. The third-order valence-corrected chi connectivity index (χ3v) is 6.51. The number of fused-ring (bicyclic) bond motifs is 1. The molecule has 0 aliphatic heterocycles. The lowest BCUT2D eigenvalue weighted by atomic mass is 10.1. The van der Waals surface area contributed by atoms with Crippen LogP contribution in [0.25, 0.3) is 5.78 Å². The summed E-state index contributed by atoms with van der Waals surface area (Å²) in [5.41, 5.74) is 4.41. The van der Waals surface area contributed by atoms with Crippen LogP contribution in [-0.4, -0.2) is 33.9 Å². The summed E-state index contributed by atoms with van der Waals surface area (Å²) in [4.78, 5) is 21.2. The van der Waals surface area contributed by atoms with E-state index in [1.807, 2.05) is 52.0 Å². The molecular formula is C23H24N6O3S. The summed E-state index contributed by atoms with van der Waals surface area (Å²) in [7, 11) is -3.77. The van der Waals surface area contributed by atoms with Crippen LogP contribution in [0.1, 0.15) is 28.3 Å². The predicted octanol–water partition coefficient (Wildman–Crippen LogP) is 3.34. The van der Waals surface area contributed by atoms with Crippen molar-refractivity contribution in [2.24, 2.45) is 0 Å². The molecule has 10 heteroatoms. The van der Waals surface area contributed by atoms with E-state index in [2.05, 4.69) is 25.1 Å². The van der Waals surface area contributed by atoms with Gasteiger partial charge in [0.1, 0.15) is 0 Å². The molecule has 0 radical (unpaired) electrons. The van der Waals surface area contributed by atoms with Gasteiger partial charge in [0.2, 0.25) is 5.91 Å². The highest BCUT2D eigenvalue weighted by atomic mass is 32.2. The van der Waals surface area contributed by atoms with Crippen molar-refractivity contribution in [1.82, 2.24) is 19.6 Å². The van der Waals surface area contributed by atoms with E-state index in [-0.39, 0.29) is 17.2 Å². The van der Waals surface area contributed by atoms with E-state index in [1.165, 1.54) is 12.1 Å². The number of amides is 1. The number of sulfonamides is 1. The van der Waals surface area contributed by atoms with Crippen molar-refractivity contribution in [3.05, 3.63) is 76.9 Å². The van der Waals surface area contributed by atoms with Crippen molar-refractivity contribution in [3.8, 4) is 0 Å². The topological polar surface area (TPSA) is 118 Å². The molecule has 0 atom stereocenters. The summed E-state index contributed by atoms with van der Waals surface area (Å²) in [6.45, 7) is 7.46. The van der Waals surface area contributed by atoms with E-state index in [0.717, 1.165) is 22.5 Å². The van der Waals surface area contributed by atoms with Crippen LogP contribution in [0.15, 0.2) is 53.4 Å². The minimum atomic E-state index is -3.77. The number of para-hydroxylation sites is 1. The molecule has 0 saturated carbocycles. The lowest BCUT2D eigenvalue weighted by Gasteiger charge is -2.13. The van der Waals surface area contributed by atoms with Crippen LogP contribution in [-0.2, 0) is 21.2 Å². The molecule has 0 aliphatic carbocycles. The second kappa shape index (κ2) is 8.62. The SMILES string of the molecule is Cc1cc(C)n2nc(CC(=O)Nc3ccc(S(=O)(=O)Nc4c(C)cccc4C)cc3)nc2n1. The zero-order valence-corrected chi connectivity index (χ0v) is 19.6. The first-order valence-electron chi connectivity index (χ1n) is 10.3. The first-order valence-corrected chi connectivity index (χ1v) is 11.8. The Morgan fingerprint density at radius 1 is 0.970 bits per heavy atom. The third-order valence-electron chi connectivity index (χ3n) is 5.15. The minimum Gasteiger partial charge on any atom is -0.326 e. The van der Waals surface area contributed by atoms with Crippen LogP contribution in [0.4, 0.5) is 11.4 Å². The quantitative estimate of drug-likeness (QED) is 0.452. The number of aromatic nitrogens is 4. The fourth-order valence-electron chi connectivity index (χ4n) is 3.52. The summed E-state index contributed by atoms with van der Waals surface area (Å²) < 4.78 is 29.8. The number of anilines is 2. The van der Waals surface area contributed by atoms with Gasteiger partial charge in [0.15, 0.2) is 5.82 Å². The smallest absolute Gasteiger partial charge is 0.261 e. The van der Waals surface area contributed by atoms with Gasteiger partial charge in [0.25, 0.3) is 15.8 Å². The fourth-order valence-corrected chi connectivity index (χ4v) is 4.72. The van der Waals surface area contributed by atoms with Crippen LogP contribution in [0, 0.1) is 27.7 Å². The van der Waals surface area contributed by atoms with Crippen LogP contribution < -0.4 is 10.0 Å². The van der Waals surface area contributed by atoms with Gasteiger partial charge in [0.05, 0.1) is 17.0 Å². The molecule has 4 rings (SSSR count). The van der Waals surface area contributed by atoms with E-state index in [0.29, 0.717) is 23.0 Å². The van der Waals surface area contributed by atoms with Gasteiger partial charge < -0.3 is 5.32 Å². The number of carbonyl (C=O) groups excluding carboxylic acids is 1. The highest BCUT2D eigenvalue weighted by Gasteiger charge is 2.17. The van der Waals surface area contributed by atoms with Gasteiger partial charge in [-0.05, 0) is 69.2 Å². The van der Waals surface area contributed by atoms with Crippen molar-refractivity contribution in [1.29, 1.82) is 0 Å². The summed E-state index contributed by atoms with van der Waals surface area (Å²) in [6, 6.07) is 13.4. The maximum atomic E-state index is 12.8. The molecule has 9 nitrogen and oxygen atoms in total. The van der Waals surface area contributed by atoms with Gasteiger partial charge in [-0.2, -0.15) is 4.98 Å². The Morgan fingerprint density at radius 2 is 1.64 bits per heavy atom. The van der Waals surface area contributed by atoms with E-state index >= 15 is 0 Å². The summed E-state index contributed by atoms with van der Waals surface area (Å²) in [5.74, 6) is 0.483. The molecule has 2 N–H and O–H groups in total.